The number of rotatable bonds is 2. The molecule has 1 aliphatic heterocycles. The number of hydrogen-bond acceptors (Lipinski definition) is 5. The SMILES string of the molecule is O=C(c1ccnc2ccncc12)N1CCO[C@H](c2cccs2)C1. The van der Waals surface area contributed by atoms with Gasteiger partial charge in [-0.3, -0.25) is 14.8 Å². The van der Waals surface area contributed by atoms with Crippen LogP contribution in [-0.2, 0) is 4.74 Å². The van der Waals surface area contributed by atoms with Gasteiger partial charge in [-0.2, -0.15) is 0 Å². The van der Waals surface area contributed by atoms with E-state index in [1.54, 1.807) is 36.0 Å². The van der Waals surface area contributed by atoms with Crippen molar-refractivity contribution in [3.8, 4) is 0 Å². The van der Waals surface area contributed by atoms with Crippen LogP contribution in [0.25, 0.3) is 10.9 Å². The van der Waals surface area contributed by atoms with Gasteiger partial charge in [0.1, 0.15) is 6.10 Å². The molecule has 0 bridgehead atoms. The lowest BCUT2D eigenvalue weighted by molar-refractivity contribution is -0.0211. The lowest BCUT2D eigenvalue weighted by Gasteiger charge is -2.32. The van der Waals surface area contributed by atoms with Gasteiger partial charge in [0, 0.05) is 35.4 Å². The van der Waals surface area contributed by atoms with Gasteiger partial charge in [-0.25, -0.2) is 0 Å². The molecule has 0 aliphatic carbocycles. The van der Waals surface area contributed by atoms with Crippen molar-refractivity contribution in [3.05, 3.63) is 58.7 Å². The Morgan fingerprint density at radius 1 is 1.30 bits per heavy atom. The van der Waals surface area contributed by atoms with E-state index in [0.29, 0.717) is 25.3 Å². The average molecular weight is 325 g/mol. The quantitative estimate of drug-likeness (QED) is 0.727. The third kappa shape index (κ3) is 2.71. The second-order valence-corrected chi connectivity index (χ2v) is 6.36. The number of morpholine rings is 1. The Morgan fingerprint density at radius 3 is 3.13 bits per heavy atom. The van der Waals surface area contributed by atoms with Gasteiger partial charge in [-0.15, -0.1) is 11.3 Å². The molecule has 23 heavy (non-hydrogen) atoms. The highest BCUT2D eigenvalue weighted by Crippen LogP contribution is 2.27. The van der Waals surface area contributed by atoms with Gasteiger partial charge in [-0.05, 0) is 23.6 Å². The van der Waals surface area contributed by atoms with Gasteiger partial charge in [0.25, 0.3) is 5.91 Å². The third-order valence-electron chi connectivity index (χ3n) is 3.99. The van der Waals surface area contributed by atoms with E-state index >= 15 is 0 Å². The number of nitrogens with zero attached hydrogens (tertiary/aromatic N) is 3. The number of hydrogen-bond donors (Lipinski definition) is 0. The molecule has 4 rings (SSSR count). The summed E-state index contributed by atoms with van der Waals surface area (Å²) in [6.45, 7) is 1.73. The van der Waals surface area contributed by atoms with Crippen molar-refractivity contribution < 1.29 is 9.53 Å². The second kappa shape index (κ2) is 6.06. The molecule has 5 nitrogen and oxygen atoms in total. The number of thiophene rings is 1. The third-order valence-corrected chi connectivity index (χ3v) is 4.95. The van der Waals surface area contributed by atoms with E-state index in [1.165, 1.54) is 0 Å². The fraction of sp³-hybridized carbons (Fsp3) is 0.235. The first-order chi connectivity index (χ1) is 11.3. The summed E-state index contributed by atoms with van der Waals surface area (Å²) in [6, 6.07) is 7.64. The van der Waals surface area contributed by atoms with Crippen LogP contribution in [-0.4, -0.2) is 40.5 Å². The normalized spacial score (nSPS) is 18.3. The van der Waals surface area contributed by atoms with Crippen molar-refractivity contribution >= 4 is 28.1 Å². The fourth-order valence-corrected chi connectivity index (χ4v) is 3.59. The topological polar surface area (TPSA) is 55.3 Å². The Hall–Kier alpha value is -2.31. The van der Waals surface area contributed by atoms with Crippen molar-refractivity contribution in [2.45, 2.75) is 6.10 Å². The zero-order chi connectivity index (χ0) is 15.6. The Bertz CT molecular complexity index is 829. The van der Waals surface area contributed by atoms with Crippen LogP contribution in [0.4, 0.5) is 0 Å². The molecule has 116 valence electrons. The summed E-state index contributed by atoms with van der Waals surface area (Å²) in [4.78, 5) is 24.4. The first kappa shape index (κ1) is 14.3. The number of fused-ring (bicyclic) bond motifs is 1. The van der Waals surface area contributed by atoms with Crippen molar-refractivity contribution in [2.75, 3.05) is 19.7 Å². The first-order valence-corrected chi connectivity index (χ1v) is 8.34. The van der Waals surface area contributed by atoms with Crippen LogP contribution in [0.3, 0.4) is 0 Å². The number of amides is 1. The van der Waals surface area contributed by atoms with Crippen LogP contribution < -0.4 is 0 Å². The number of carbonyl (C=O) groups is 1. The Morgan fingerprint density at radius 2 is 2.26 bits per heavy atom. The summed E-state index contributed by atoms with van der Waals surface area (Å²) in [5, 5.41) is 2.82. The molecule has 6 heteroatoms. The largest absolute Gasteiger partial charge is 0.369 e. The Kier molecular flexibility index (Phi) is 3.77. The maximum atomic E-state index is 12.9. The lowest BCUT2D eigenvalue weighted by atomic mass is 10.1. The zero-order valence-electron chi connectivity index (χ0n) is 12.4. The number of pyridine rings is 2. The molecule has 1 fully saturated rings. The molecule has 1 amide bonds. The maximum absolute atomic E-state index is 12.9. The van der Waals surface area contributed by atoms with Crippen molar-refractivity contribution in [3.63, 3.8) is 0 Å². The molecule has 0 unspecified atom stereocenters. The van der Waals surface area contributed by atoms with Crippen molar-refractivity contribution in [1.82, 2.24) is 14.9 Å². The molecule has 4 heterocycles. The first-order valence-electron chi connectivity index (χ1n) is 7.46. The van der Waals surface area contributed by atoms with Crippen LogP contribution in [0, 0.1) is 0 Å². The summed E-state index contributed by atoms with van der Waals surface area (Å²) in [6.07, 6.45) is 5.02. The van der Waals surface area contributed by atoms with E-state index in [0.717, 1.165) is 15.8 Å². The molecule has 0 aromatic carbocycles. The monoisotopic (exact) mass is 325 g/mol. The molecule has 1 aliphatic rings. The van der Waals surface area contributed by atoms with E-state index in [4.69, 9.17) is 4.74 Å². The minimum absolute atomic E-state index is 0.00950. The molecule has 1 saturated heterocycles. The summed E-state index contributed by atoms with van der Waals surface area (Å²) in [5.74, 6) is 0.00950. The summed E-state index contributed by atoms with van der Waals surface area (Å²) < 4.78 is 5.82. The molecule has 1 atom stereocenters. The van der Waals surface area contributed by atoms with Gasteiger partial charge in [0.2, 0.25) is 0 Å². The molecule has 0 spiro atoms. The number of aromatic nitrogens is 2. The van der Waals surface area contributed by atoms with E-state index in [-0.39, 0.29) is 12.0 Å². The number of ether oxygens (including phenoxy) is 1. The predicted molar refractivity (Wildman–Crippen MR) is 88.5 cm³/mol. The highest BCUT2D eigenvalue weighted by atomic mass is 32.1. The molecule has 0 radical (unpaired) electrons. The van der Waals surface area contributed by atoms with Crippen LogP contribution in [0.5, 0.6) is 0 Å². The lowest BCUT2D eigenvalue weighted by Crippen LogP contribution is -2.42. The Balaban J connectivity index is 1.63. The van der Waals surface area contributed by atoms with Crippen LogP contribution in [0.2, 0.25) is 0 Å². The molecule has 3 aromatic heterocycles. The fourth-order valence-electron chi connectivity index (χ4n) is 2.83. The second-order valence-electron chi connectivity index (χ2n) is 5.38. The Labute approximate surface area is 137 Å². The van der Waals surface area contributed by atoms with Crippen LogP contribution in [0.15, 0.2) is 48.2 Å². The van der Waals surface area contributed by atoms with E-state index in [2.05, 4.69) is 16.0 Å². The van der Waals surface area contributed by atoms with Gasteiger partial charge in [0.05, 0.1) is 24.2 Å². The molecular weight excluding hydrogens is 310 g/mol. The van der Waals surface area contributed by atoms with E-state index < -0.39 is 0 Å². The molecule has 3 aromatic rings. The van der Waals surface area contributed by atoms with Gasteiger partial charge in [0.15, 0.2) is 0 Å². The van der Waals surface area contributed by atoms with Crippen LogP contribution in [0.1, 0.15) is 21.3 Å². The summed E-state index contributed by atoms with van der Waals surface area (Å²) in [7, 11) is 0. The summed E-state index contributed by atoms with van der Waals surface area (Å²) in [5.41, 5.74) is 1.43. The molecular formula is C17H15N3O2S. The van der Waals surface area contributed by atoms with E-state index in [1.807, 2.05) is 22.4 Å². The molecule has 0 N–H and O–H groups in total. The van der Waals surface area contributed by atoms with Gasteiger partial charge in [-0.1, -0.05) is 6.07 Å². The van der Waals surface area contributed by atoms with Gasteiger partial charge < -0.3 is 9.64 Å². The van der Waals surface area contributed by atoms with E-state index in [9.17, 15) is 4.79 Å². The highest BCUT2D eigenvalue weighted by molar-refractivity contribution is 7.10. The van der Waals surface area contributed by atoms with Crippen molar-refractivity contribution in [1.29, 1.82) is 0 Å². The highest BCUT2D eigenvalue weighted by Gasteiger charge is 2.27. The van der Waals surface area contributed by atoms with Crippen LogP contribution >= 0.6 is 11.3 Å². The number of carbonyl (C=O) groups excluding carboxylic acids is 1. The average Bonchev–Trinajstić information content (AvgIpc) is 3.15. The predicted octanol–water partition coefficient (Wildman–Crippen LogP) is 2.91. The standard InChI is InChI=1S/C17H15N3O2S/c21-17(12-3-6-19-14-4-5-18-10-13(12)14)20-7-8-22-15(11-20)16-2-1-9-23-16/h1-6,9-10,15H,7-8,11H2/t15-/m0/s1. The molecule has 0 saturated carbocycles. The van der Waals surface area contributed by atoms with Gasteiger partial charge >= 0.3 is 0 Å². The zero-order valence-corrected chi connectivity index (χ0v) is 13.2. The minimum Gasteiger partial charge on any atom is -0.369 e. The smallest absolute Gasteiger partial charge is 0.254 e. The maximum Gasteiger partial charge on any atom is 0.254 e. The summed E-state index contributed by atoms with van der Waals surface area (Å²) >= 11 is 1.66. The minimum atomic E-state index is -0.0427. The van der Waals surface area contributed by atoms with Crippen molar-refractivity contribution in [2.24, 2.45) is 0 Å².